The van der Waals surface area contributed by atoms with Gasteiger partial charge in [0, 0.05) is 13.1 Å². The molecule has 0 aromatic rings. The maximum atomic E-state index is 11.7. The first-order chi connectivity index (χ1) is 7.18. The minimum Gasteiger partial charge on any atom is -0.468 e. The highest BCUT2D eigenvalue weighted by Gasteiger charge is 2.40. The average Bonchev–Trinajstić information content (AvgIpc) is 2.30. The van der Waals surface area contributed by atoms with Crippen LogP contribution in [0.15, 0.2) is 0 Å². The van der Waals surface area contributed by atoms with E-state index in [1.54, 1.807) is 0 Å². The highest BCUT2D eigenvalue weighted by Crippen LogP contribution is 2.23. The van der Waals surface area contributed by atoms with Gasteiger partial charge < -0.3 is 15.0 Å². The molecule has 88 valence electrons. The van der Waals surface area contributed by atoms with Crippen LogP contribution in [0.3, 0.4) is 0 Å². The van der Waals surface area contributed by atoms with E-state index in [9.17, 15) is 4.79 Å². The van der Waals surface area contributed by atoms with Crippen LogP contribution in [0.5, 0.6) is 0 Å². The zero-order valence-electron chi connectivity index (χ0n) is 10.0. The fourth-order valence-corrected chi connectivity index (χ4v) is 2.23. The normalized spacial score (nSPS) is 21.3. The van der Waals surface area contributed by atoms with Crippen LogP contribution in [0.25, 0.3) is 0 Å². The van der Waals surface area contributed by atoms with Crippen LogP contribution in [-0.4, -0.2) is 50.2 Å². The Morgan fingerprint density at radius 2 is 2.07 bits per heavy atom. The van der Waals surface area contributed by atoms with Gasteiger partial charge in [0.2, 0.25) is 0 Å². The molecule has 0 radical (unpaired) electrons. The largest absolute Gasteiger partial charge is 0.468 e. The number of methoxy groups -OCH3 is 1. The van der Waals surface area contributed by atoms with Gasteiger partial charge in [-0.1, -0.05) is 6.92 Å². The Labute approximate surface area is 92.0 Å². The maximum absolute atomic E-state index is 11.7. The lowest BCUT2D eigenvalue weighted by molar-refractivity contribution is -0.150. The van der Waals surface area contributed by atoms with Crippen molar-refractivity contribution in [2.24, 2.45) is 0 Å². The molecule has 0 aliphatic carbocycles. The van der Waals surface area contributed by atoms with Crippen LogP contribution in [0.2, 0.25) is 0 Å². The molecular weight excluding hydrogens is 192 g/mol. The lowest BCUT2D eigenvalue weighted by Gasteiger charge is -2.39. The van der Waals surface area contributed by atoms with Gasteiger partial charge in [0.15, 0.2) is 0 Å². The molecule has 1 aliphatic heterocycles. The summed E-state index contributed by atoms with van der Waals surface area (Å²) in [6.07, 6.45) is 2.86. The number of carbonyl (C=O) groups is 1. The zero-order chi connectivity index (χ0) is 11.3. The Hall–Kier alpha value is -0.610. The first-order valence-electron chi connectivity index (χ1n) is 5.68. The molecule has 0 bridgehead atoms. The summed E-state index contributed by atoms with van der Waals surface area (Å²) in [4.78, 5) is 14.1. The van der Waals surface area contributed by atoms with Crippen molar-refractivity contribution in [1.29, 1.82) is 0 Å². The molecule has 1 N–H and O–H groups in total. The van der Waals surface area contributed by atoms with E-state index >= 15 is 0 Å². The number of carbonyl (C=O) groups excluding carboxylic acids is 1. The van der Waals surface area contributed by atoms with Crippen LogP contribution in [0, 0.1) is 0 Å². The summed E-state index contributed by atoms with van der Waals surface area (Å²) in [5.74, 6) is -0.124. The van der Waals surface area contributed by atoms with Crippen molar-refractivity contribution in [1.82, 2.24) is 10.2 Å². The number of nitrogens with one attached hydrogen (secondary N) is 1. The summed E-state index contributed by atoms with van der Waals surface area (Å²) in [5.41, 5.74) is -0.445. The van der Waals surface area contributed by atoms with Crippen molar-refractivity contribution >= 4 is 5.97 Å². The number of ether oxygens (including phenoxy) is 1. The molecule has 0 spiro atoms. The van der Waals surface area contributed by atoms with E-state index < -0.39 is 5.54 Å². The molecule has 4 heteroatoms. The van der Waals surface area contributed by atoms with E-state index in [1.807, 2.05) is 7.05 Å². The Morgan fingerprint density at radius 3 is 2.47 bits per heavy atom. The molecule has 1 fully saturated rings. The van der Waals surface area contributed by atoms with Gasteiger partial charge in [0.25, 0.3) is 0 Å². The summed E-state index contributed by atoms with van der Waals surface area (Å²) >= 11 is 0. The minimum absolute atomic E-state index is 0.124. The number of nitrogens with zero attached hydrogens (tertiary/aromatic N) is 1. The van der Waals surface area contributed by atoms with Crippen LogP contribution in [0.4, 0.5) is 0 Å². The van der Waals surface area contributed by atoms with Crippen molar-refractivity contribution in [3.05, 3.63) is 0 Å². The Kier molecular flexibility index (Phi) is 4.54. The van der Waals surface area contributed by atoms with Gasteiger partial charge in [0.05, 0.1) is 7.11 Å². The van der Waals surface area contributed by atoms with E-state index in [-0.39, 0.29) is 5.97 Å². The second-order valence-electron chi connectivity index (χ2n) is 4.17. The summed E-state index contributed by atoms with van der Waals surface area (Å²) in [7, 11) is 3.30. The smallest absolute Gasteiger partial charge is 0.326 e. The molecule has 0 amide bonds. The number of likely N-dealkylation sites (tertiary alicyclic amines) is 1. The fourth-order valence-electron chi connectivity index (χ4n) is 2.23. The van der Waals surface area contributed by atoms with Gasteiger partial charge in [-0.25, -0.2) is 0 Å². The van der Waals surface area contributed by atoms with Crippen molar-refractivity contribution in [3.8, 4) is 0 Å². The van der Waals surface area contributed by atoms with Crippen LogP contribution < -0.4 is 5.32 Å². The highest BCUT2D eigenvalue weighted by atomic mass is 16.5. The van der Waals surface area contributed by atoms with E-state index in [2.05, 4.69) is 17.1 Å². The molecule has 15 heavy (non-hydrogen) atoms. The summed E-state index contributed by atoms with van der Waals surface area (Å²) in [6, 6.07) is 0. The SMILES string of the molecule is CCCN1CCC(NC)(C(=O)OC)CC1. The predicted molar refractivity (Wildman–Crippen MR) is 59.8 cm³/mol. The number of hydrogen-bond donors (Lipinski definition) is 1. The Bertz CT molecular complexity index is 211. The standard InChI is InChI=1S/C11H22N2O2/c1-4-7-13-8-5-11(12-2,6-9-13)10(14)15-3/h12H,4-9H2,1-3H3. The van der Waals surface area contributed by atoms with Gasteiger partial charge in [-0.3, -0.25) is 4.79 Å². The van der Waals surface area contributed by atoms with Gasteiger partial charge >= 0.3 is 5.97 Å². The van der Waals surface area contributed by atoms with Crippen molar-refractivity contribution < 1.29 is 9.53 Å². The van der Waals surface area contributed by atoms with Crippen LogP contribution in [0.1, 0.15) is 26.2 Å². The summed E-state index contributed by atoms with van der Waals surface area (Å²) in [5, 5.41) is 3.13. The second kappa shape index (κ2) is 5.47. The van der Waals surface area contributed by atoms with E-state index in [4.69, 9.17) is 4.74 Å². The number of rotatable bonds is 4. The molecule has 0 atom stereocenters. The van der Waals surface area contributed by atoms with Gasteiger partial charge in [-0.05, 0) is 32.9 Å². The lowest BCUT2D eigenvalue weighted by Crippen LogP contribution is -2.57. The van der Waals surface area contributed by atoms with E-state index in [0.717, 1.165) is 32.5 Å². The molecule has 0 aromatic heterocycles. The quantitative estimate of drug-likeness (QED) is 0.697. The molecule has 0 saturated carbocycles. The van der Waals surface area contributed by atoms with Crippen molar-refractivity contribution in [2.75, 3.05) is 33.8 Å². The Morgan fingerprint density at radius 1 is 1.47 bits per heavy atom. The molecular formula is C11H22N2O2. The second-order valence-corrected chi connectivity index (χ2v) is 4.17. The average molecular weight is 214 g/mol. The molecule has 0 unspecified atom stereocenters. The number of piperidine rings is 1. The fraction of sp³-hybridized carbons (Fsp3) is 0.909. The van der Waals surface area contributed by atoms with Crippen molar-refractivity contribution in [2.45, 2.75) is 31.7 Å². The molecule has 1 rings (SSSR count). The highest BCUT2D eigenvalue weighted by molar-refractivity contribution is 5.80. The molecule has 0 aromatic carbocycles. The van der Waals surface area contributed by atoms with E-state index in [0.29, 0.717) is 0 Å². The summed E-state index contributed by atoms with van der Waals surface area (Å²) < 4.78 is 4.86. The number of hydrogen-bond acceptors (Lipinski definition) is 4. The van der Waals surface area contributed by atoms with Gasteiger partial charge in [0.1, 0.15) is 5.54 Å². The number of esters is 1. The van der Waals surface area contributed by atoms with Crippen LogP contribution in [-0.2, 0) is 9.53 Å². The first-order valence-corrected chi connectivity index (χ1v) is 5.68. The first kappa shape index (κ1) is 12.5. The minimum atomic E-state index is -0.445. The molecule has 4 nitrogen and oxygen atoms in total. The van der Waals surface area contributed by atoms with Gasteiger partial charge in [-0.15, -0.1) is 0 Å². The Balaban J connectivity index is 2.54. The van der Waals surface area contributed by atoms with Gasteiger partial charge in [-0.2, -0.15) is 0 Å². The topological polar surface area (TPSA) is 41.6 Å². The zero-order valence-corrected chi connectivity index (χ0v) is 10.0. The van der Waals surface area contributed by atoms with Crippen molar-refractivity contribution in [3.63, 3.8) is 0 Å². The third kappa shape index (κ3) is 2.69. The molecule has 1 heterocycles. The molecule has 1 aliphatic rings. The third-order valence-electron chi connectivity index (χ3n) is 3.30. The number of likely N-dealkylation sites (N-methyl/N-ethyl adjacent to an activating group) is 1. The third-order valence-corrected chi connectivity index (χ3v) is 3.30. The maximum Gasteiger partial charge on any atom is 0.326 e. The monoisotopic (exact) mass is 214 g/mol. The lowest BCUT2D eigenvalue weighted by atomic mass is 9.87. The summed E-state index contributed by atoms with van der Waals surface area (Å²) in [6.45, 7) is 5.26. The van der Waals surface area contributed by atoms with Crippen LogP contribution >= 0.6 is 0 Å². The molecule has 1 saturated heterocycles. The van der Waals surface area contributed by atoms with E-state index in [1.165, 1.54) is 13.5 Å². The predicted octanol–water partition coefficient (Wildman–Crippen LogP) is 0.623.